The average Bonchev–Trinajstić information content (AvgIpc) is 3.17. The summed E-state index contributed by atoms with van der Waals surface area (Å²) in [6, 6.07) is -0.521. The molecule has 0 N–H and O–H groups in total. The maximum absolute atomic E-state index is 13.3. The van der Waals surface area contributed by atoms with Gasteiger partial charge in [-0.25, -0.2) is 0 Å². The maximum atomic E-state index is 13.3. The van der Waals surface area contributed by atoms with E-state index in [2.05, 4.69) is 10.3 Å². The van der Waals surface area contributed by atoms with Crippen molar-refractivity contribution in [3.63, 3.8) is 0 Å². The van der Waals surface area contributed by atoms with Gasteiger partial charge in [0.1, 0.15) is 18.3 Å². The highest BCUT2D eigenvalue weighted by molar-refractivity contribution is 7.18. The number of hydrogen-bond donors (Lipinski definition) is 0. The largest absolute Gasteiger partial charge is 0.471 e. The van der Waals surface area contributed by atoms with E-state index in [1.54, 1.807) is 7.05 Å². The fourth-order valence-corrected chi connectivity index (χ4v) is 4.35. The lowest BCUT2D eigenvalue weighted by atomic mass is 10.0. The third-order valence-corrected chi connectivity index (χ3v) is 5.65. The molecule has 28 heavy (non-hydrogen) atoms. The van der Waals surface area contributed by atoms with Crippen molar-refractivity contribution in [2.45, 2.75) is 31.6 Å². The van der Waals surface area contributed by atoms with Crippen LogP contribution in [-0.4, -0.2) is 57.0 Å². The molecule has 1 aliphatic heterocycles. The van der Waals surface area contributed by atoms with Crippen molar-refractivity contribution in [3.05, 3.63) is 32.7 Å². The third kappa shape index (κ3) is 4.20. The molecule has 0 radical (unpaired) electrons. The summed E-state index contributed by atoms with van der Waals surface area (Å²) in [5.74, 6) is -2.32. The summed E-state index contributed by atoms with van der Waals surface area (Å²) in [7, 11) is 1.56. The number of nitrogens with zero attached hydrogens (tertiary/aromatic N) is 4. The van der Waals surface area contributed by atoms with Crippen LogP contribution in [0.5, 0.6) is 0 Å². The normalized spacial score (nSPS) is 21.5. The molecule has 2 aromatic rings. The molecule has 0 spiro atoms. The summed E-state index contributed by atoms with van der Waals surface area (Å²) in [4.78, 5) is 25.7. The van der Waals surface area contributed by atoms with Crippen LogP contribution in [0.15, 0.2) is 12.3 Å². The monoisotopic (exact) mass is 436 g/mol. The summed E-state index contributed by atoms with van der Waals surface area (Å²) in [6.45, 7) is 0.808. The molecule has 0 fully saturated rings. The smallest absolute Gasteiger partial charge is 0.371 e. The van der Waals surface area contributed by atoms with Crippen molar-refractivity contribution >= 4 is 34.6 Å². The molecule has 2 atom stereocenters. The molecule has 1 aliphatic rings. The van der Waals surface area contributed by atoms with Crippen LogP contribution < -0.4 is 0 Å². The van der Waals surface area contributed by atoms with Gasteiger partial charge >= 0.3 is 12.1 Å². The Kier molecular flexibility index (Phi) is 5.78. The molecule has 1 amide bonds. The van der Waals surface area contributed by atoms with Crippen molar-refractivity contribution < 1.29 is 27.5 Å². The van der Waals surface area contributed by atoms with Crippen LogP contribution in [0.1, 0.15) is 33.9 Å². The standard InChI is InChI=1S/C16H16ClF3N4O3S/c1-8-3-9-4-13(17)28-14(9)12(25)7-27-6-11(10-5-23(2)22-21-10)24(8)15(26)16(18,19)20/h4-5,8,11H,3,6-7H2,1-2H3/t8-,11-/m0/s1. The first-order valence-corrected chi connectivity index (χ1v) is 9.42. The summed E-state index contributed by atoms with van der Waals surface area (Å²) >= 11 is 7.03. The zero-order valence-corrected chi connectivity index (χ0v) is 16.4. The number of aromatic nitrogens is 3. The summed E-state index contributed by atoms with van der Waals surface area (Å²) in [5.41, 5.74) is 0.624. The molecular formula is C16H16ClF3N4O3S. The lowest BCUT2D eigenvalue weighted by Crippen LogP contribution is -2.50. The van der Waals surface area contributed by atoms with Crippen LogP contribution in [0.2, 0.25) is 4.34 Å². The van der Waals surface area contributed by atoms with Gasteiger partial charge in [0.25, 0.3) is 0 Å². The topological polar surface area (TPSA) is 77.3 Å². The molecule has 3 rings (SSSR count). The van der Waals surface area contributed by atoms with E-state index in [1.165, 1.54) is 23.9 Å². The van der Waals surface area contributed by atoms with Gasteiger partial charge in [-0.1, -0.05) is 16.8 Å². The van der Waals surface area contributed by atoms with E-state index >= 15 is 0 Å². The number of rotatable bonds is 1. The van der Waals surface area contributed by atoms with Crippen LogP contribution in [0.3, 0.4) is 0 Å². The Morgan fingerprint density at radius 3 is 2.75 bits per heavy atom. The second kappa shape index (κ2) is 7.80. The number of thiophene rings is 1. The minimum atomic E-state index is -5.08. The molecule has 0 aromatic carbocycles. The molecule has 2 aromatic heterocycles. The lowest BCUT2D eigenvalue weighted by Gasteiger charge is -2.36. The minimum absolute atomic E-state index is 0.0306. The number of ether oxygens (including phenoxy) is 1. The van der Waals surface area contributed by atoms with Gasteiger partial charge < -0.3 is 9.64 Å². The number of fused-ring (bicyclic) bond motifs is 1. The van der Waals surface area contributed by atoms with Gasteiger partial charge in [-0.05, 0) is 25.0 Å². The van der Waals surface area contributed by atoms with Gasteiger partial charge in [0.2, 0.25) is 0 Å². The fraction of sp³-hybridized carbons (Fsp3) is 0.500. The number of halogens is 4. The molecule has 0 unspecified atom stereocenters. The van der Waals surface area contributed by atoms with E-state index in [0.29, 0.717) is 19.7 Å². The van der Waals surface area contributed by atoms with E-state index in [9.17, 15) is 22.8 Å². The predicted octanol–water partition coefficient (Wildman–Crippen LogP) is 2.81. The van der Waals surface area contributed by atoms with Gasteiger partial charge in [-0.15, -0.1) is 16.4 Å². The first-order valence-electron chi connectivity index (χ1n) is 8.22. The SMILES string of the molecule is C[C@H]1Cc2cc(Cl)sc2C(=O)COC[C@@H](c2cn(C)nn2)N1C(=O)C(F)(F)F. The van der Waals surface area contributed by atoms with E-state index in [1.807, 2.05) is 0 Å². The first kappa shape index (κ1) is 20.7. The van der Waals surface area contributed by atoms with Gasteiger partial charge in [-0.3, -0.25) is 14.3 Å². The molecule has 0 bridgehead atoms. The summed E-state index contributed by atoms with van der Waals surface area (Å²) in [6.07, 6.45) is -3.63. The van der Waals surface area contributed by atoms with Crippen molar-refractivity contribution in [2.24, 2.45) is 7.05 Å². The van der Waals surface area contributed by atoms with Crippen molar-refractivity contribution in [3.8, 4) is 0 Å². The number of alkyl halides is 3. The summed E-state index contributed by atoms with van der Waals surface area (Å²) in [5, 5.41) is 7.58. The summed E-state index contributed by atoms with van der Waals surface area (Å²) < 4.78 is 47.0. The Hall–Kier alpha value is -1.98. The number of hydrogen-bond acceptors (Lipinski definition) is 6. The molecule has 152 valence electrons. The number of Topliss-reactive ketones (excluding diaryl/α,β-unsaturated/α-hetero) is 1. The third-order valence-electron chi connectivity index (χ3n) is 4.31. The van der Waals surface area contributed by atoms with Crippen molar-refractivity contribution in [1.29, 1.82) is 0 Å². The molecule has 0 saturated carbocycles. The lowest BCUT2D eigenvalue weighted by molar-refractivity contribution is -0.191. The van der Waals surface area contributed by atoms with Crippen LogP contribution >= 0.6 is 22.9 Å². The average molecular weight is 437 g/mol. The van der Waals surface area contributed by atoms with Crippen LogP contribution in [-0.2, 0) is 23.0 Å². The van der Waals surface area contributed by atoms with Gasteiger partial charge in [0.05, 0.1) is 22.0 Å². The second-order valence-corrected chi connectivity index (χ2v) is 8.12. The van der Waals surface area contributed by atoms with E-state index in [0.717, 1.165) is 11.3 Å². The van der Waals surface area contributed by atoms with Crippen molar-refractivity contribution in [1.82, 2.24) is 19.9 Å². The molecular weight excluding hydrogens is 421 g/mol. The highest BCUT2D eigenvalue weighted by atomic mass is 35.5. The van der Waals surface area contributed by atoms with Gasteiger partial charge in [-0.2, -0.15) is 13.2 Å². The van der Waals surface area contributed by atoms with Gasteiger partial charge in [0.15, 0.2) is 5.78 Å². The Balaban J connectivity index is 2.06. The molecule has 7 nitrogen and oxygen atoms in total. The highest BCUT2D eigenvalue weighted by Crippen LogP contribution is 2.34. The number of carbonyl (C=O) groups is 2. The second-order valence-electron chi connectivity index (χ2n) is 6.44. The number of carbonyl (C=O) groups excluding carboxylic acids is 2. The molecule has 0 aliphatic carbocycles. The number of ketones is 1. The van der Waals surface area contributed by atoms with Crippen LogP contribution in [0, 0.1) is 0 Å². The fourth-order valence-electron chi connectivity index (χ4n) is 3.15. The maximum Gasteiger partial charge on any atom is 0.471 e. The number of amides is 1. The Morgan fingerprint density at radius 1 is 1.43 bits per heavy atom. The minimum Gasteiger partial charge on any atom is -0.371 e. The quantitative estimate of drug-likeness (QED) is 0.687. The Labute approximate surface area is 167 Å². The molecule has 12 heteroatoms. The first-order chi connectivity index (χ1) is 13.1. The van der Waals surface area contributed by atoms with E-state index < -0.39 is 24.2 Å². The van der Waals surface area contributed by atoms with Crippen LogP contribution in [0.4, 0.5) is 13.2 Å². The van der Waals surface area contributed by atoms with E-state index in [-0.39, 0.29) is 31.1 Å². The predicted molar refractivity (Wildman–Crippen MR) is 94.3 cm³/mol. The zero-order valence-electron chi connectivity index (χ0n) is 14.9. The molecule has 0 saturated heterocycles. The Bertz CT molecular complexity index is 898. The van der Waals surface area contributed by atoms with Crippen LogP contribution in [0.25, 0.3) is 0 Å². The zero-order chi connectivity index (χ0) is 20.6. The Morgan fingerprint density at radius 2 is 2.14 bits per heavy atom. The molecule has 3 heterocycles. The highest BCUT2D eigenvalue weighted by Gasteiger charge is 2.47. The van der Waals surface area contributed by atoms with Gasteiger partial charge in [0, 0.05) is 13.1 Å². The van der Waals surface area contributed by atoms with Crippen molar-refractivity contribution in [2.75, 3.05) is 13.2 Å². The number of aryl methyl sites for hydroxylation is 1. The van der Waals surface area contributed by atoms with E-state index in [4.69, 9.17) is 16.3 Å².